The van der Waals surface area contributed by atoms with Crippen LogP contribution in [-0.2, 0) is 4.79 Å². The molecule has 0 aromatic heterocycles. The Morgan fingerprint density at radius 3 is 2.16 bits per heavy atom. The van der Waals surface area contributed by atoms with Gasteiger partial charge >= 0.3 is 0 Å². The number of carbonyl (C=O) groups excluding carboxylic acids is 1. The van der Waals surface area contributed by atoms with Gasteiger partial charge in [0, 0.05) is 5.56 Å². The van der Waals surface area contributed by atoms with Gasteiger partial charge in [-0.25, -0.2) is 4.99 Å². The Bertz CT molecular complexity index is 1200. The molecule has 0 spiro atoms. The third kappa shape index (κ3) is 4.55. The van der Waals surface area contributed by atoms with Gasteiger partial charge in [0.1, 0.15) is 11.5 Å². The van der Waals surface area contributed by atoms with Gasteiger partial charge in [0.15, 0.2) is 5.17 Å². The van der Waals surface area contributed by atoms with Crippen molar-refractivity contribution >= 4 is 40.3 Å². The number of aliphatic imine (C=N–C) groups is 1. The molecule has 0 aliphatic carbocycles. The molecule has 0 unspecified atom stereocenters. The van der Waals surface area contributed by atoms with Gasteiger partial charge < -0.3 is 9.47 Å². The smallest absolute Gasteiger partial charge is 0.271 e. The Morgan fingerprint density at radius 1 is 0.875 bits per heavy atom. The van der Waals surface area contributed by atoms with Crippen molar-refractivity contribution in [1.29, 1.82) is 0 Å². The molecule has 1 aliphatic rings. The molecule has 162 valence electrons. The van der Waals surface area contributed by atoms with Gasteiger partial charge in [-0.1, -0.05) is 35.4 Å². The first-order chi connectivity index (χ1) is 15.5. The lowest BCUT2D eigenvalue weighted by atomic mass is 10.1. The maximum Gasteiger partial charge on any atom is 0.271 e. The van der Waals surface area contributed by atoms with Crippen molar-refractivity contribution in [3.8, 4) is 11.5 Å². The van der Waals surface area contributed by atoms with Crippen LogP contribution in [0.1, 0.15) is 16.7 Å². The molecular formula is C26H24N2O3S. The van der Waals surface area contributed by atoms with Gasteiger partial charge in [-0.2, -0.15) is 0 Å². The number of carbonyl (C=O) groups is 1. The number of nitrogens with zero attached hydrogens (tertiary/aromatic N) is 2. The SMILES string of the molecule is COc1ccc(OC)c(/C=C2/SC(=Nc3ccc(C)cc3)N(c3ccc(C)cc3)C2=O)c1. The fraction of sp³-hybridized carbons (Fsp3) is 0.154. The first-order valence-electron chi connectivity index (χ1n) is 10.2. The van der Waals surface area contributed by atoms with E-state index >= 15 is 0 Å². The maximum absolute atomic E-state index is 13.5. The predicted molar refractivity (Wildman–Crippen MR) is 132 cm³/mol. The quantitative estimate of drug-likeness (QED) is 0.444. The summed E-state index contributed by atoms with van der Waals surface area (Å²) in [7, 11) is 3.22. The first-order valence-corrected chi connectivity index (χ1v) is 11.0. The summed E-state index contributed by atoms with van der Waals surface area (Å²) in [6.45, 7) is 4.05. The number of hydrogen-bond acceptors (Lipinski definition) is 5. The second kappa shape index (κ2) is 9.32. The van der Waals surface area contributed by atoms with Crippen molar-refractivity contribution in [2.75, 3.05) is 19.1 Å². The number of methoxy groups -OCH3 is 2. The Morgan fingerprint density at radius 2 is 1.53 bits per heavy atom. The lowest BCUT2D eigenvalue weighted by Crippen LogP contribution is -2.28. The summed E-state index contributed by atoms with van der Waals surface area (Å²) in [6.07, 6.45) is 1.83. The standard InChI is InChI=1S/C26H24N2O3S/c1-17-5-9-20(10-6-17)27-26-28(21-11-7-18(2)8-12-21)25(29)24(32-26)16-19-15-22(30-3)13-14-23(19)31-4/h5-16H,1-4H3/b24-16+,27-26?. The van der Waals surface area contributed by atoms with E-state index in [2.05, 4.69) is 0 Å². The highest BCUT2D eigenvalue weighted by Crippen LogP contribution is 2.39. The molecule has 0 atom stereocenters. The average molecular weight is 445 g/mol. The van der Waals surface area contributed by atoms with E-state index in [9.17, 15) is 4.79 Å². The monoisotopic (exact) mass is 444 g/mol. The van der Waals surface area contributed by atoms with Gasteiger partial charge in [-0.3, -0.25) is 9.69 Å². The van der Waals surface area contributed by atoms with Crippen molar-refractivity contribution < 1.29 is 14.3 Å². The van der Waals surface area contributed by atoms with Gasteiger partial charge in [0.2, 0.25) is 0 Å². The molecule has 32 heavy (non-hydrogen) atoms. The minimum absolute atomic E-state index is 0.130. The summed E-state index contributed by atoms with van der Waals surface area (Å²) in [5.74, 6) is 1.23. The van der Waals surface area contributed by atoms with Crippen molar-refractivity contribution in [2.45, 2.75) is 13.8 Å². The summed E-state index contributed by atoms with van der Waals surface area (Å²) in [5, 5.41) is 0.607. The van der Waals surface area contributed by atoms with Gasteiger partial charge in [0.25, 0.3) is 5.91 Å². The minimum atomic E-state index is -0.130. The number of aryl methyl sites for hydroxylation is 2. The molecule has 0 saturated carbocycles. The average Bonchev–Trinajstić information content (AvgIpc) is 3.10. The van der Waals surface area contributed by atoms with Crippen LogP contribution in [0.4, 0.5) is 11.4 Å². The van der Waals surface area contributed by atoms with E-state index in [0.29, 0.717) is 21.6 Å². The zero-order valence-electron chi connectivity index (χ0n) is 18.5. The number of thioether (sulfide) groups is 1. The van der Waals surface area contributed by atoms with Crippen LogP contribution >= 0.6 is 11.8 Å². The highest BCUT2D eigenvalue weighted by Gasteiger charge is 2.35. The molecule has 5 nitrogen and oxygen atoms in total. The van der Waals surface area contributed by atoms with E-state index in [1.54, 1.807) is 19.1 Å². The molecule has 1 saturated heterocycles. The first kappa shape index (κ1) is 21.7. The number of amidine groups is 1. The number of rotatable bonds is 5. The lowest BCUT2D eigenvalue weighted by Gasteiger charge is -2.16. The molecule has 1 fully saturated rings. The number of amides is 1. The molecule has 3 aromatic carbocycles. The topological polar surface area (TPSA) is 51.1 Å². The summed E-state index contributed by atoms with van der Waals surface area (Å²) in [4.78, 5) is 20.5. The second-order valence-corrected chi connectivity index (χ2v) is 8.43. The van der Waals surface area contributed by atoms with E-state index in [0.717, 1.165) is 28.1 Å². The zero-order chi connectivity index (χ0) is 22.7. The predicted octanol–water partition coefficient (Wildman–Crippen LogP) is 6.13. The normalized spacial score (nSPS) is 16.1. The number of anilines is 1. The summed E-state index contributed by atoms with van der Waals surface area (Å²) in [6, 6.07) is 21.3. The molecule has 1 aliphatic heterocycles. The molecule has 6 heteroatoms. The molecule has 0 radical (unpaired) electrons. The molecule has 4 rings (SSSR count). The highest BCUT2D eigenvalue weighted by molar-refractivity contribution is 8.19. The number of benzene rings is 3. The van der Waals surface area contributed by atoms with Crippen LogP contribution in [-0.4, -0.2) is 25.3 Å². The summed E-state index contributed by atoms with van der Waals surface area (Å²) >= 11 is 1.34. The molecule has 0 bridgehead atoms. The largest absolute Gasteiger partial charge is 0.497 e. The van der Waals surface area contributed by atoms with Gasteiger partial charge in [-0.15, -0.1) is 0 Å². The zero-order valence-corrected chi connectivity index (χ0v) is 19.3. The van der Waals surface area contributed by atoms with Crippen LogP contribution in [0.25, 0.3) is 6.08 Å². The van der Waals surface area contributed by atoms with Crippen LogP contribution in [0, 0.1) is 13.8 Å². The van der Waals surface area contributed by atoms with E-state index in [1.165, 1.54) is 11.8 Å². The Hall–Kier alpha value is -3.51. The molecular weight excluding hydrogens is 420 g/mol. The van der Waals surface area contributed by atoms with Crippen molar-refractivity contribution in [3.05, 3.63) is 88.3 Å². The lowest BCUT2D eigenvalue weighted by molar-refractivity contribution is -0.113. The fourth-order valence-corrected chi connectivity index (χ4v) is 4.29. The molecule has 1 amide bonds. The third-order valence-electron chi connectivity index (χ3n) is 5.08. The minimum Gasteiger partial charge on any atom is -0.497 e. The van der Waals surface area contributed by atoms with Crippen molar-refractivity contribution in [2.24, 2.45) is 4.99 Å². The van der Waals surface area contributed by atoms with E-state index in [4.69, 9.17) is 14.5 Å². The maximum atomic E-state index is 13.5. The molecule has 3 aromatic rings. The van der Waals surface area contributed by atoms with Crippen LogP contribution < -0.4 is 14.4 Å². The fourth-order valence-electron chi connectivity index (χ4n) is 3.29. The van der Waals surface area contributed by atoms with Gasteiger partial charge in [-0.05, 0) is 74.1 Å². The molecule has 1 heterocycles. The third-order valence-corrected chi connectivity index (χ3v) is 6.05. The van der Waals surface area contributed by atoms with E-state index < -0.39 is 0 Å². The van der Waals surface area contributed by atoms with Crippen molar-refractivity contribution in [1.82, 2.24) is 0 Å². The number of ether oxygens (including phenoxy) is 2. The van der Waals surface area contributed by atoms with Crippen LogP contribution in [0.3, 0.4) is 0 Å². The highest BCUT2D eigenvalue weighted by atomic mass is 32.2. The summed E-state index contributed by atoms with van der Waals surface area (Å²) in [5.41, 5.74) is 4.62. The van der Waals surface area contributed by atoms with Gasteiger partial charge in [0.05, 0.1) is 30.5 Å². The second-order valence-electron chi connectivity index (χ2n) is 7.42. The number of hydrogen-bond donors (Lipinski definition) is 0. The Kier molecular flexibility index (Phi) is 6.32. The van der Waals surface area contributed by atoms with E-state index in [1.807, 2.05) is 86.7 Å². The van der Waals surface area contributed by atoms with Crippen LogP contribution in [0.2, 0.25) is 0 Å². The van der Waals surface area contributed by atoms with Crippen LogP contribution in [0.5, 0.6) is 11.5 Å². The van der Waals surface area contributed by atoms with Crippen LogP contribution in [0.15, 0.2) is 76.6 Å². The Balaban J connectivity index is 1.79. The van der Waals surface area contributed by atoms with E-state index in [-0.39, 0.29) is 5.91 Å². The van der Waals surface area contributed by atoms with Crippen molar-refractivity contribution in [3.63, 3.8) is 0 Å². The molecule has 0 N–H and O–H groups in total. The summed E-state index contributed by atoms with van der Waals surface area (Å²) < 4.78 is 10.8. The Labute approximate surface area is 192 Å².